The molecule has 16 aromatic rings. The Morgan fingerprint density at radius 2 is 0.588 bits per heavy atom. The van der Waals surface area contributed by atoms with Crippen molar-refractivity contribution >= 4 is 88.3 Å². The van der Waals surface area contributed by atoms with E-state index in [0.29, 0.717) is 79.1 Å². The molecular formula is C102H120N8O4+4. The van der Waals surface area contributed by atoms with Gasteiger partial charge in [0.05, 0.1) is 22.3 Å². The summed E-state index contributed by atoms with van der Waals surface area (Å²) in [6.45, 7) is 12.5. The van der Waals surface area contributed by atoms with Gasteiger partial charge in [-0.15, -0.1) is 0 Å². The van der Waals surface area contributed by atoms with Crippen LogP contribution in [0.5, 0.6) is 0 Å². The van der Waals surface area contributed by atoms with Crippen molar-refractivity contribution in [3.63, 3.8) is 0 Å². The summed E-state index contributed by atoms with van der Waals surface area (Å²) < 4.78 is 262. The molecule has 0 aliphatic carbocycles. The predicted octanol–water partition coefficient (Wildman–Crippen LogP) is 24.5. The fourth-order valence-corrected chi connectivity index (χ4v) is 14.8. The molecule has 12 heterocycles. The highest BCUT2D eigenvalue weighted by molar-refractivity contribution is 6.12. The third-order valence-electron chi connectivity index (χ3n) is 20.6. The summed E-state index contributed by atoms with van der Waals surface area (Å²) in [6, 6.07) is 37.6. The lowest BCUT2D eigenvalue weighted by Crippen LogP contribution is -2.32. The SMILES string of the molecule is [2H]C([2H])([2H])c1c[n+](C)c(-c2c(C)ccc3c2oc2nc(C(C)C)ccc23)cc1C([2H])([2H])C(C)C.[2H]C([2H])([2H])c1c[n+](C)c(-c2c(C)ccc3c2oc2nc(C(C)C)ccc23)cc1C([2H])([2H])C([2H])(C)C([2H])([2H])[2H].[2H]C([2H])([2H])c1c[n+](C)c(-c2c(C)ccc3c2oc2nc(CC)ccc23)cc1C([2H])([2H])C(C)C.[2H]C([2H])([2H])c1c[n+](C)c(-c2c(C)ccc3c2oc2nc(CC)ccc23)cc1C([2H])([2H])C([2H])(C)C([2H])([2H])[2H]. The summed E-state index contributed by atoms with van der Waals surface area (Å²) in [7, 11) is 6.86. The molecule has 2 unspecified atom stereocenters. The largest absolute Gasteiger partial charge is 0.437 e. The number of furan rings is 4. The van der Waals surface area contributed by atoms with E-state index < -0.39 is 90.2 Å². The number of nitrogens with zero attached hydrogens (tertiary/aromatic N) is 8. The monoisotopic (exact) mass is 1550 g/mol. The van der Waals surface area contributed by atoms with Gasteiger partial charge in [-0.3, -0.25) is 0 Å². The Kier molecular flexibility index (Phi) is 15.4. The van der Waals surface area contributed by atoms with Crippen molar-refractivity contribution in [2.24, 2.45) is 51.8 Å². The molecule has 0 saturated carbocycles. The van der Waals surface area contributed by atoms with Crippen LogP contribution >= 0.6 is 0 Å². The fraction of sp³-hybridized carbons (Fsp3) is 0.373. The highest BCUT2D eigenvalue weighted by atomic mass is 16.4. The van der Waals surface area contributed by atoms with Gasteiger partial charge >= 0.3 is 0 Å². The molecule has 2 atom stereocenters. The Bertz CT molecular complexity index is 7610. The van der Waals surface area contributed by atoms with Gasteiger partial charge in [0.15, 0.2) is 47.1 Å². The number of hydrogen-bond donors (Lipinski definition) is 0. The Morgan fingerprint density at radius 1 is 0.333 bits per heavy atom. The molecule has 0 bridgehead atoms. The standard InChI is InChI=1S/2C26H31N2O.2C25H29N2O/c2*1-15(2)12-19-13-23(28(7)14-18(19)6)24-17(5)8-9-20-21-10-11-22(16(3)4)27-26(21)29-25(20)24;2*1-7-19-9-11-21-20-10-8-16(4)23(24(20)28-25(21)26-19)22-13-18(12-15(2)3)17(5)14-27(22)6/h2*8-11,13-16H,12H2,1-7H3;2*8-11,13-15H,7,12H2,1-6H3/q4*+1/i1D3,6D3,12D2,15D;6D3,12D2;2D3,5D3,12D2,15D;5D3,12D2. The van der Waals surface area contributed by atoms with Gasteiger partial charge in [-0.1, -0.05) is 145 Å². The van der Waals surface area contributed by atoms with Crippen LogP contribution in [0, 0.1) is 78.7 Å². The molecular weight excluding hydrogens is 1400 g/mol. The second-order valence-electron chi connectivity index (χ2n) is 30.9. The third kappa shape index (κ3) is 16.4. The van der Waals surface area contributed by atoms with E-state index in [1.807, 2.05) is 152 Å². The fourth-order valence-electron chi connectivity index (χ4n) is 14.8. The molecule has 0 aliphatic rings. The topological polar surface area (TPSA) is 120 Å². The van der Waals surface area contributed by atoms with Crippen LogP contribution in [-0.4, -0.2) is 19.9 Å². The van der Waals surface area contributed by atoms with Crippen LogP contribution in [0.1, 0.15) is 237 Å². The van der Waals surface area contributed by atoms with E-state index in [0.717, 1.165) is 126 Å². The van der Waals surface area contributed by atoms with Gasteiger partial charge in [-0.2, -0.15) is 0 Å². The maximum absolute atomic E-state index is 8.77. The lowest BCUT2D eigenvalue weighted by Gasteiger charge is -2.11. The second-order valence-corrected chi connectivity index (χ2v) is 30.9. The maximum Gasteiger partial charge on any atom is 0.227 e. The van der Waals surface area contributed by atoms with Gasteiger partial charge in [0.1, 0.15) is 28.2 Å². The van der Waals surface area contributed by atoms with Crippen molar-refractivity contribution in [3.05, 3.63) is 236 Å². The first-order valence-electron chi connectivity index (χ1n) is 52.8. The van der Waals surface area contributed by atoms with Crippen molar-refractivity contribution in [2.45, 2.75) is 202 Å². The normalized spacial score (nSPS) is 17.8. The van der Waals surface area contributed by atoms with Crippen LogP contribution in [0.15, 0.2) is 164 Å². The summed E-state index contributed by atoms with van der Waals surface area (Å²) in [4.78, 5) is 18.6. The minimum atomic E-state index is -3.02. The Morgan fingerprint density at radius 3 is 0.833 bits per heavy atom. The van der Waals surface area contributed by atoms with Gasteiger partial charge in [0.25, 0.3) is 0 Å². The van der Waals surface area contributed by atoms with E-state index in [2.05, 4.69) is 28.8 Å². The second kappa shape index (κ2) is 33.4. The zero-order valence-corrected chi connectivity index (χ0v) is 68.8. The van der Waals surface area contributed by atoms with E-state index in [-0.39, 0.29) is 56.3 Å². The molecule has 4 aromatic carbocycles. The van der Waals surface area contributed by atoms with E-state index in [1.165, 1.54) is 36.9 Å². The van der Waals surface area contributed by atoms with E-state index in [4.69, 9.17) is 61.0 Å². The minimum absolute atomic E-state index is 0.0233. The molecule has 12 aromatic heterocycles. The number of benzene rings is 4. The molecule has 588 valence electrons. The molecule has 0 N–H and O–H groups in total. The zero-order chi connectivity index (χ0) is 106. The molecule has 16 rings (SSSR count). The highest BCUT2D eigenvalue weighted by Gasteiger charge is 2.29. The number of aromatic nitrogens is 8. The number of rotatable bonds is 16. The van der Waals surface area contributed by atoms with E-state index in [9.17, 15) is 0 Å². The van der Waals surface area contributed by atoms with Crippen LogP contribution in [-0.2, 0) is 66.5 Å². The quantitative estimate of drug-likeness (QED) is 0.0878. The third-order valence-corrected chi connectivity index (χ3v) is 20.6. The Labute approximate surface area is 714 Å². The molecule has 0 aliphatic heterocycles. The molecule has 12 nitrogen and oxygen atoms in total. The molecule has 0 saturated heterocycles. The van der Waals surface area contributed by atoms with Crippen molar-refractivity contribution in [3.8, 4) is 45.0 Å². The van der Waals surface area contributed by atoms with Crippen LogP contribution in [0.4, 0.5) is 0 Å². The molecule has 114 heavy (non-hydrogen) atoms. The van der Waals surface area contributed by atoms with Crippen molar-refractivity contribution in [1.29, 1.82) is 0 Å². The summed E-state index contributed by atoms with van der Waals surface area (Å²) in [5, 5.41) is 6.89. The van der Waals surface area contributed by atoms with Crippen molar-refractivity contribution < 1.29 is 74.3 Å². The van der Waals surface area contributed by atoms with Gasteiger partial charge in [-0.05, 0) is 222 Å². The van der Waals surface area contributed by atoms with Crippen LogP contribution < -0.4 is 18.3 Å². The molecule has 0 spiro atoms. The smallest absolute Gasteiger partial charge is 0.227 e. The predicted molar refractivity (Wildman–Crippen MR) is 472 cm³/mol. The first-order valence-corrected chi connectivity index (χ1v) is 38.8. The van der Waals surface area contributed by atoms with E-state index in [1.54, 1.807) is 86.3 Å². The summed E-state index contributed by atoms with van der Waals surface area (Å²) in [6.07, 6.45) is -2.13. The minimum Gasteiger partial charge on any atom is -0.437 e. The lowest BCUT2D eigenvalue weighted by atomic mass is 9.95. The van der Waals surface area contributed by atoms with Gasteiger partial charge in [0, 0.05) is 151 Å². The first-order chi connectivity index (χ1) is 65.3. The lowest BCUT2D eigenvalue weighted by molar-refractivity contribution is -0.660. The van der Waals surface area contributed by atoms with Gasteiger partial charge in [-0.25, -0.2) is 38.2 Å². The number of hydrogen-bond acceptors (Lipinski definition) is 8. The zero-order valence-electron chi connectivity index (χ0n) is 96.8. The summed E-state index contributed by atoms with van der Waals surface area (Å²) in [5.74, 6) is -5.60. The van der Waals surface area contributed by atoms with Crippen molar-refractivity contribution in [2.75, 3.05) is 0 Å². The average Bonchev–Trinajstić information content (AvgIpc) is 1.22. The van der Waals surface area contributed by atoms with Crippen LogP contribution in [0.25, 0.3) is 133 Å². The molecule has 0 amide bonds. The van der Waals surface area contributed by atoms with Crippen LogP contribution in [0.2, 0.25) is 0 Å². The number of pyridine rings is 8. The van der Waals surface area contributed by atoms with Gasteiger partial charge < -0.3 is 17.7 Å². The Hall–Kier alpha value is -10.7. The van der Waals surface area contributed by atoms with Crippen molar-refractivity contribution in [1.82, 2.24) is 19.9 Å². The average molecular weight is 1550 g/mol. The summed E-state index contributed by atoms with van der Waals surface area (Å²) >= 11 is 0. The van der Waals surface area contributed by atoms with Crippen LogP contribution in [0.3, 0.4) is 0 Å². The maximum atomic E-state index is 8.77. The molecule has 0 fully saturated rings. The Balaban J connectivity index is 0.000000159. The number of aryl methyl sites for hydroxylation is 14. The van der Waals surface area contributed by atoms with E-state index >= 15 is 0 Å². The summed E-state index contributed by atoms with van der Waals surface area (Å²) in [5.41, 5.74) is 15.5. The molecule has 12 heteroatoms. The molecule has 0 radical (unpaired) electrons. The van der Waals surface area contributed by atoms with Gasteiger partial charge in [0.2, 0.25) is 45.6 Å². The highest BCUT2D eigenvalue weighted by Crippen LogP contribution is 2.43. The number of fused-ring (bicyclic) bond motifs is 12. The first kappa shape index (κ1) is 52.6.